The second-order valence-electron chi connectivity index (χ2n) is 6.89. The third-order valence-electron chi connectivity index (χ3n) is 5.25. The first-order valence-electron chi connectivity index (χ1n) is 9.20. The molecule has 3 rings (SSSR count). The summed E-state index contributed by atoms with van der Waals surface area (Å²) in [7, 11) is 0. The molecule has 0 atom stereocenters. The van der Waals surface area contributed by atoms with Crippen molar-refractivity contribution in [1.82, 2.24) is 10.2 Å². The van der Waals surface area contributed by atoms with E-state index in [1.807, 2.05) is 31.2 Å². The highest BCUT2D eigenvalue weighted by atomic mass is 35.5. The zero-order valence-electron chi connectivity index (χ0n) is 15.1. The number of benzene rings is 1. The predicted molar refractivity (Wildman–Crippen MR) is 104 cm³/mol. The van der Waals surface area contributed by atoms with Crippen molar-refractivity contribution in [3.63, 3.8) is 0 Å². The normalized spacial score (nSPS) is 19.9. The highest BCUT2D eigenvalue weighted by Crippen LogP contribution is 2.34. The number of hydrogen-bond acceptors (Lipinski definition) is 4. The fourth-order valence-electron chi connectivity index (χ4n) is 4.01. The van der Waals surface area contributed by atoms with E-state index in [-0.39, 0.29) is 23.9 Å². The molecule has 1 aromatic rings. The van der Waals surface area contributed by atoms with Gasteiger partial charge in [0.25, 0.3) is 0 Å². The van der Waals surface area contributed by atoms with Crippen molar-refractivity contribution in [2.45, 2.75) is 44.6 Å². The van der Waals surface area contributed by atoms with Crippen molar-refractivity contribution in [3.8, 4) is 5.75 Å². The van der Waals surface area contributed by atoms with Crippen LogP contribution in [0, 0.1) is 0 Å². The van der Waals surface area contributed by atoms with Gasteiger partial charge in [-0.05, 0) is 44.0 Å². The number of carbonyl (C=O) groups is 1. The van der Waals surface area contributed by atoms with Crippen LogP contribution < -0.4 is 15.4 Å². The molecule has 0 bridgehead atoms. The van der Waals surface area contributed by atoms with Crippen LogP contribution in [0.5, 0.6) is 5.75 Å². The minimum absolute atomic E-state index is 0. The molecule has 2 fully saturated rings. The average molecular weight is 368 g/mol. The van der Waals surface area contributed by atoms with E-state index in [1.54, 1.807) is 0 Å². The monoisotopic (exact) mass is 367 g/mol. The van der Waals surface area contributed by atoms with Gasteiger partial charge in [0, 0.05) is 30.9 Å². The standard InChI is InChI=1S/C19H29N3O2.ClH/c1-2-24-17-8-6-16(7-9-17)21-18(23)14-22-13-12-20-15-19(22)10-4-3-5-11-19;/h6-9,20H,2-5,10-15H2,1H3,(H,21,23);1H. The SMILES string of the molecule is CCOc1ccc(NC(=O)CN2CCNCC23CCCCC3)cc1.Cl. The number of hydrogen-bond donors (Lipinski definition) is 2. The Labute approximate surface area is 156 Å². The van der Waals surface area contributed by atoms with Gasteiger partial charge in [-0.1, -0.05) is 19.3 Å². The fourth-order valence-corrected chi connectivity index (χ4v) is 4.01. The lowest BCUT2D eigenvalue weighted by Gasteiger charge is -2.49. The molecule has 2 N–H and O–H groups in total. The number of rotatable bonds is 5. The van der Waals surface area contributed by atoms with Crippen LogP contribution in [-0.2, 0) is 4.79 Å². The van der Waals surface area contributed by atoms with E-state index in [0.29, 0.717) is 13.2 Å². The van der Waals surface area contributed by atoms with Crippen LogP contribution in [0.15, 0.2) is 24.3 Å². The van der Waals surface area contributed by atoms with Gasteiger partial charge in [-0.25, -0.2) is 0 Å². The maximum absolute atomic E-state index is 12.5. The minimum atomic E-state index is 0. The molecule has 1 saturated heterocycles. The summed E-state index contributed by atoms with van der Waals surface area (Å²) < 4.78 is 5.43. The average Bonchev–Trinajstić information content (AvgIpc) is 2.60. The molecule has 1 aromatic carbocycles. The first-order valence-corrected chi connectivity index (χ1v) is 9.20. The Bertz CT molecular complexity index is 536. The summed E-state index contributed by atoms with van der Waals surface area (Å²) in [5.74, 6) is 0.907. The maximum atomic E-state index is 12.5. The first-order chi connectivity index (χ1) is 11.7. The van der Waals surface area contributed by atoms with E-state index < -0.39 is 0 Å². The quantitative estimate of drug-likeness (QED) is 0.839. The highest BCUT2D eigenvalue weighted by Gasteiger charge is 2.40. The Morgan fingerprint density at radius 3 is 2.64 bits per heavy atom. The largest absolute Gasteiger partial charge is 0.494 e. The number of nitrogens with one attached hydrogen (secondary N) is 2. The molecular weight excluding hydrogens is 338 g/mol. The van der Waals surface area contributed by atoms with Gasteiger partial charge < -0.3 is 15.4 Å². The van der Waals surface area contributed by atoms with Gasteiger partial charge in [-0.3, -0.25) is 9.69 Å². The molecule has 2 aliphatic rings. The topological polar surface area (TPSA) is 53.6 Å². The Morgan fingerprint density at radius 1 is 1.24 bits per heavy atom. The van der Waals surface area contributed by atoms with Gasteiger partial charge in [0.05, 0.1) is 13.2 Å². The molecule has 140 valence electrons. The van der Waals surface area contributed by atoms with Crippen molar-refractivity contribution in [3.05, 3.63) is 24.3 Å². The van der Waals surface area contributed by atoms with Crippen LogP contribution in [-0.4, -0.2) is 49.1 Å². The third-order valence-corrected chi connectivity index (χ3v) is 5.25. The van der Waals surface area contributed by atoms with E-state index in [4.69, 9.17) is 4.74 Å². The summed E-state index contributed by atoms with van der Waals surface area (Å²) in [5, 5.41) is 6.55. The Kier molecular flexibility index (Phi) is 7.54. The van der Waals surface area contributed by atoms with Crippen molar-refractivity contribution >= 4 is 24.0 Å². The summed E-state index contributed by atoms with van der Waals surface area (Å²) in [4.78, 5) is 14.9. The minimum Gasteiger partial charge on any atom is -0.494 e. The van der Waals surface area contributed by atoms with Gasteiger partial charge >= 0.3 is 0 Å². The summed E-state index contributed by atoms with van der Waals surface area (Å²) in [6.45, 7) is 6.04. The second kappa shape index (κ2) is 9.41. The van der Waals surface area contributed by atoms with Crippen molar-refractivity contribution in [2.24, 2.45) is 0 Å². The van der Waals surface area contributed by atoms with Crippen LogP contribution in [0.4, 0.5) is 5.69 Å². The number of piperazine rings is 1. The van der Waals surface area contributed by atoms with Gasteiger partial charge in [0.2, 0.25) is 5.91 Å². The second-order valence-corrected chi connectivity index (χ2v) is 6.89. The summed E-state index contributed by atoms with van der Waals surface area (Å²) in [6, 6.07) is 7.59. The van der Waals surface area contributed by atoms with E-state index in [0.717, 1.165) is 31.1 Å². The van der Waals surface area contributed by atoms with Crippen LogP contribution in [0.1, 0.15) is 39.0 Å². The van der Waals surface area contributed by atoms with Crippen LogP contribution in [0.3, 0.4) is 0 Å². The zero-order valence-corrected chi connectivity index (χ0v) is 15.9. The van der Waals surface area contributed by atoms with Crippen molar-refractivity contribution in [2.75, 3.05) is 38.1 Å². The lowest BCUT2D eigenvalue weighted by Crippen LogP contribution is -2.63. The van der Waals surface area contributed by atoms with Gasteiger partial charge in [-0.15, -0.1) is 12.4 Å². The molecule has 1 saturated carbocycles. The Balaban J connectivity index is 0.00000225. The molecule has 0 radical (unpaired) electrons. The van der Waals surface area contributed by atoms with E-state index in [1.165, 1.54) is 32.1 Å². The molecular formula is C19H30ClN3O2. The molecule has 1 aliphatic heterocycles. The number of carbonyl (C=O) groups excluding carboxylic acids is 1. The Hall–Kier alpha value is -1.30. The summed E-state index contributed by atoms with van der Waals surface area (Å²) in [5.41, 5.74) is 1.02. The summed E-state index contributed by atoms with van der Waals surface area (Å²) in [6.07, 6.45) is 6.29. The maximum Gasteiger partial charge on any atom is 0.238 e. The van der Waals surface area contributed by atoms with E-state index in [9.17, 15) is 4.79 Å². The predicted octanol–water partition coefficient (Wildman–Crippen LogP) is 3.05. The van der Waals surface area contributed by atoms with Crippen LogP contribution in [0.2, 0.25) is 0 Å². The third kappa shape index (κ3) is 5.09. The van der Waals surface area contributed by atoms with Gasteiger partial charge in [0.15, 0.2) is 0 Å². The molecule has 1 aliphatic carbocycles. The number of ether oxygens (including phenoxy) is 1. The summed E-state index contributed by atoms with van der Waals surface area (Å²) >= 11 is 0. The van der Waals surface area contributed by atoms with Gasteiger partial charge in [0.1, 0.15) is 5.75 Å². The Morgan fingerprint density at radius 2 is 1.96 bits per heavy atom. The number of nitrogens with zero attached hydrogens (tertiary/aromatic N) is 1. The molecule has 6 heteroatoms. The molecule has 1 heterocycles. The lowest BCUT2D eigenvalue weighted by molar-refractivity contribution is -0.120. The fraction of sp³-hybridized carbons (Fsp3) is 0.632. The number of amides is 1. The molecule has 0 aromatic heterocycles. The first kappa shape index (κ1) is 20.0. The molecule has 5 nitrogen and oxygen atoms in total. The highest BCUT2D eigenvalue weighted by molar-refractivity contribution is 5.92. The smallest absolute Gasteiger partial charge is 0.238 e. The van der Waals surface area contributed by atoms with Crippen LogP contribution in [0.25, 0.3) is 0 Å². The molecule has 0 unspecified atom stereocenters. The molecule has 25 heavy (non-hydrogen) atoms. The van der Waals surface area contributed by atoms with Crippen molar-refractivity contribution in [1.29, 1.82) is 0 Å². The number of halogens is 1. The number of anilines is 1. The molecule has 1 amide bonds. The van der Waals surface area contributed by atoms with Crippen LogP contribution >= 0.6 is 12.4 Å². The van der Waals surface area contributed by atoms with Gasteiger partial charge in [-0.2, -0.15) is 0 Å². The van der Waals surface area contributed by atoms with E-state index in [2.05, 4.69) is 15.5 Å². The lowest BCUT2D eigenvalue weighted by atomic mass is 9.79. The zero-order chi connectivity index (χ0) is 16.8. The molecule has 1 spiro atoms. The van der Waals surface area contributed by atoms with Crippen molar-refractivity contribution < 1.29 is 9.53 Å². The van der Waals surface area contributed by atoms with E-state index >= 15 is 0 Å².